The third-order valence-corrected chi connectivity index (χ3v) is 1.54. The molecule has 1 aromatic carbocycles. The van der Waals surface area contributed by atoms with Crippen molar-refractivity contribution in [2.75, 3.05) is 0 Å². The molecule has 0 aliphatic rings. The molecular formula is C8H6F3. The van der Waals surface area contributed by atoms with E-state index in [2.05, 4.69) is 0 Å². The fourth-order valence-electron chi connectivity index (χ4n) is 0.758. The van der Waals surface area contributed by atoms with Gasteiger partial charge in [-0.2, -0.15) is 0 Å². The first-order chi connectivity index (χ1) is 5.04. The van der Waals surface area contributed by atoms with Crippen molar-refractivity contribution in [3.05, 3.63) is 34.6 Å². The molecule has 0 N–H and O–H groups in total. The molecule has 11 heavy (non-hydrogen) atoms. The second-order valence-corrected chi connectivity index (χ2v) is 2.32. The van der Waals surface area contributed by atoms with Crippen LogP contribution in [-0.2, 0) is 0 Å². The zero-order valence-corrected chi connectivity index (χ0v) is 6.13. The van der Waals surface area contributed by atoms with Crippen LogP contribution in [0, 0.1) is 37.4 Å². The number of rotatable bonds is 0. The highest BCUT2D eigenvalue weighted by atomic mass is 19.1. The molecule has 0 aromatic heterocycles. The van der Waals surface area contributed by atoms with Gasteiger partial charge in [0.1, 0.15) is 17.5 Å². The van der Waals surface area contributed by atoms with Gasteiger partial charge in [-0.1, -0.05) is 0 Å². The molecule has 3 heteroatoms. The van der Waals surface area contributed by atoms with E-state index in [1.54, 1.807) is 6.07 Å². The van der Waals surface area contributed by atoms with E-state index in [4.69, 9.17) is 0 Å². The van der Waals surface area contributed by atoms with Gasteiger partial charge in [-0.25, -0.2) is 13.2 Å². The molecule has 0 aliphatic carbocycles. The van der Waals surface area contributed by atoms with Crippen LogP contribution < -0.4 is 0 Å². The summed E-state index contributed by atoms with van der Waals surface area (Å²) in [6.45, 7) is 2.49. The molecule has 0 spiro atoms. The highest BCUT2D eigenvalue weighted by Crippen LogP contribution is 2.17. The van der Waals surface area contributed by atoms with Crippen LogP contribution in [0.1, 0.15) is 11.1 Å². The molecule has 0 saturated heterocycles. The lowest BCUT2D eigenvalue weighted by Crippen LogP contribution is -1.96. The summed E-state index contributed by atoms with van der Waals surface area (Å²) >= 11 is 0. The molecule has 0 fully saturated rings. The normalized spacial score (nSPS) is 10.3. The molecule has 0 unspecified atom stereocenters. The Hall–Kier alpha value is -0.990. The Balaban J connectivity index is 3.46. The van der Waals surface area contributed by atoms with Crippen LogP contribution in [0.2, 0.25) is 0 Å². The SMILES string of the molecule is Cc1c(F)[c]c(F)c(C)c1F. The van der Waals surface area contributed by atoms with Gasteiger partial charge >= 0.3 is 0 Å². The standard InChI is InChI=1S/C8H6F3/c1-4-6(9)3-7(10)5(2)8(4)11/h1-2H3. The van der Waals surface area contributed by atoms with Gasteiger partial charge < -0.3 is 0 Å². The van der Waals surface area contributed by atoms with Crippen molar-refractivity contribution in [2.45, 2.75) is 13.8 Å². The van der Waals surface area contributed by atoms with E-state index in [0.29, 0.717) is 0 Å². The number of benzene rings is 1. The zero-order chi connectivity index (χ0) is 8.59. The molecular weight excluding hydrogens is 153 g/mol. The molecule has 0 atom stereocenters. The third kappa shape index (κ3) is 1.23. The van der Waals surface area contributed by atoms with Crippen LogP contribution in [0.15, 0.2) is 0 Å². The van der Waals surface area contributed by atoms with Gasteiger partial charge in [-0.3, -0.25) is 0 Å². The van der Waals surface area contributed by atoms with E-state index in [9.17, 15) is 13.2 Å². The Kier molecular flexibility index (Phi) is 1.89. The maximum absolute atomic E-state index is 12.8. The maximum atomic E-state index is 12.8. The Morgan fingerprint density at radius 1 is 0.909 bits per heavy atom. The fraction of sp³-hybridized carbons (Fsp3) is 0.250. The number of hydrogen-bond donors (Lipinski definition) is 0. The van der Waals surface area contributed by atoms with Crippen molar-refractivity contribution < 1.29 is 13.2 Å². The summed E-state index contributed by atoms with van der Waals surface area (Å²) < 4.78 is 37.7. The third-order valence-electron chi connectivity index (χ3n) is 1.54. The Morgan fingerprint density at radius 3 is 1.64 bits per heavy atom. The Bertz CT molecular complexity index is 266. The minimum Gasteiger partial charge on any atom is -0.206 e. The average Bonchev–Trinajstić information content (AvgIpc) is 1.97. The van der Waals surface area contributed by atoms with Crippen LogP contribution in [0.5, 0.6) is 0 Å². The van der Waals surface area contributed by atoms with Gasteiger partial charge in [-0.15, -0.1) is 0 Å². The fourth-order valence-corrected chi connectivity index (χ4v) is 0.758. The molecule has 0 bridgehead atoms. The van der Waals surface area contributed by atoms with Crippen molar-refractivity contribution in [3.63, 3.8) is 0 Å². The first-order valence-corrected chi connectivity index (χ1v) is 3.07. The van der Waals surface area contributed by atoms with Crippen LogP contribution in [0.25, 0.3) is 0 Å². The summed E-state index contributed by atoms with van der Waals surface area (Å²) in [5.74, 6) is -2.77. The zero-order valence-electron chi connectivity index (χ0n) is 6.13. The lowest BCUT2D eigenvalue weighted by atomic mass is 10.1. The second kappa shape index (κ2) is 2.57. The van der Waals surface area contributed by atoms with Crippen molar-refractivity contribution in [3.8, 4) is 0 Å². The largest absolute Gasteiger partial charge is 0.206 e. The van der Waals surface area contributed by atoms with Gasteiger partial charge in [0.25, 0.3) is 0 Å². The summed E-state index contributed by atoms with van der Waals surface area (Å²) in [6, 6.07) is 1.77. The molecule has 0 heterocycles. The van der Waals surface area contributed by atoms with Gasteiger partial charge in [0.15, 0.2) is 0 Å². The van der Waals surface area contributed by atoms with Crippen molar-refractivity contribution in [1.82, 2.24) is 0 Å². The van der Waals surface area contributed by atoms with Crippen molar-refractivity contribution >= 4 is 0 Å². The molecule has 1 rings (SSSR count). The number of halogens is 3. The van der Waals surface area contributed by atoms with Gasteiger partial charge in [0.2, 0.25) is 0 Å². The summed E-state index contributed by atoms with van der Waals surface area (Å²) in [6.07, 6.45) is 0. The highest BCUT2D eigenvalue weighted by molar-refractivity contribution is 5.25. The van der Waals surface area contributed by atoms with Crippen molar-refractivity contribution in [1.29, 1.82) is 0 Å². The predicted octanol–water partition coefficient (Wildman–Crippen LogP) is 2.52. The monoisotopic (exact) mass is 159 g/mol. The lowest BCUT2D eigenvalue weighted by Gasteiger charge is -2.01. The van der Waals surface area contributed by atoms with Crippen molar-refractivity contribution in [2.24, 2.45) is 0 Å². The van der Waals surface area contributed by atoms with Crippen LogP contribution in [-0.4, -0.2) is 0 Å². The van der Waals surface area contributed by atoms with Crippen LogP contribution >= 0.6 is 0 Å². The first kappa shape index (κ1) is 8.11. The van der Waals surface area contributed by atoms with E-state index in [0.717, 1.165) is 0 Å². The quantitative estimate of drug-likeness (QED) is 0.545. The van der Waals surface area contributed by atoms with Gasteiger partial charge in [-0.05, 0) is 13.8 Å². The molecule has 0 amide bonds. The van der Waals surface area contributed by atoms with Gasteiger partial charge in [0.05, 0.1) is 6.07 Å². The predicted molar refractivity (Wildman–Crippen MR) is 34.6 cm³/mol. The van der Waals surface area contributed by atoms with E-state index in [1.807, 2.05) is 0 Å². The minimum absolute atomic E-state index is 0.191. The topological polar surface area (TPSA) is 0 Å². The molecule has 59 valence electrons. The van der Waals surface area contributed by atoms with Crippen LogP contribution in [0.4, 0.5) is 13.2 Å². The van der Waals surface area contributed by atoms with Crippen LogP contribution in [0.3, 0.4) is 0 Å². The molecule has 0 aliphatic heterocycles. The van der Waals surface area contributed by atoms with E-state index in [1.165, 1.54) is 13.8 Å². The molecule has 0 saturated carbocycles. The Labute approximate surface area is 62.7 Å². The summed E-state index contributed by atoms with van der Waals surface area (Å²) in [5.41, 5.74) is -0.382. The van der Waals surface area contributed by atoms with E-state index >= 15 is 0 Å². The lowest BCUT2D eigenvalue weighted by molar-refractivity contribution is 0.519. The van der Waals surface area contributed by atoms with E-state index < -0.39 is 17.5 Å². The Morgan fingerprint density at radius 2 is 1.27 bits per heavy atom. The highest BCUT2D eigenvalue weighted by Gasteiger charge is 2.11. The molecule has 1 radical (unpaired) electrons. The molecule has 0 nitrogen and oxygen atoms in total. The average molecular weight is 159 g/mol. The maximum Gasteiger partial charge on any atom is 0.140 e. The summed E-state index contributed by atoms with van der Waals surface area (Å²) in [4.78, 5) is 0. The summed E-state index contributed by atoms with van der Waals surface area (Å²) in [7, 11) is 0. The number of hydrogen-bond acceptors (Lipinski definition) is 0. The smallest absolute Gasteiger partial charge is 0.140 e. The second-order valence-electron chi connectivity index (χ2n) is 2.32. The van der Waals surface area contributed by atoms with Gasteiger partial charge in [0, 0.05) is 11.1 Å². The first-order valence-electron chi connectivity index (χ1n) is 3.07. The molecule has 1 aromatic rings. The minimum atomic E-state index is -0.967. The van der Waals surface area contributed by atoms with E-state index in [-0.39, 0.29) is 11.1 Å². The summed E-state index contributed by atoms with van der Waals surface area (Å²) in [5, 5.41) is 0.